The maximum absolute atomic E-state index is 13.5. The monoisotopic (exact) mass is 255 g/mol. The second-order valence-corrected chi connectivity index (χ2v) is 4.25. The molecule has 0 aromatic heterocycles. The summed E-state index contributed by atoms with van der Waals surface area (Å²) in [5.74, 6) is -0.328. The normalized spacial score (nSPS) is 14.5. The Bertz CT molecular complexity index is 363. The predicted molar refractivity (Wildman–Crippen MR) is 57.4 cm³/mol. The van der Waals surface area contributed by atoms with Gasteiger partial charge in [-0.1, -0.05) is 28.9 Å². The fourth-order valence-corrected chi connectivity index (χ4v) is 2.12. The molecular formula is C11H11BrFN. The Morgan fingerprint density at radius 2 is 2.21 bits per heavy atom. The van der Waals surface area contributed by atoms with Gasteiger partial charge >= 0.3 is 0 Å². The standard InChI is InChI=1S/C11H11BrFN/c1-3-11(2,7-14)10-8(12)5-4-6-9(10)13/h4-6H,3H2,1-2H3. The summed E-state index contributed by atoms with van der Waals surface area (Å²) in [6.07, 6.45) is 0.586. The van der Waals surface area contributed by atoms with Crippen molar-refractivity contribution in [3.05, 3.63) is 34.1 Å². The van der Waals surface area contributed by atoms with Gasteiger partial charge in [0.05, 0.1) is 11.5 Å². The zero-order chi connectivity index (χ0) is 10.8. The van der Waals surface area contributed by atoms with Crippen molar-refractivity contribution in [2.75, 3.05) is 0 Å². The highest BCUT2D eigenvalue weighted by Gasteiger charge is 2.29. The number of rotatable bonds is 2. The first-order valence-corrected chi connectivity index (χ1v) is 5.20. The van der Waals surface area contributed by atoms with E-state index in [1.54, 1.807) is 19.1 Å². The fraction of sp³-hybridized carbons (Fsp3) is 0.364. The quantitative estimate of drug-likeness (QED) is 0.789. The van der Waals surface area contributed by atoms with Crippen LogP contribution in [0.5, 0.6) is 0 Å². The molecule has 0 spiro atoms. The van der Waals surface area contributed by atoms with E-state index in [4.69, 9.17) is 5.26 Å². The molecule has 1 rings (SSSR count). The van der Waals surface area contributed by atoms with E-state index in [1.807, 2.05) is 6.92 Å². The van der Waals surface area contributed by atoms with Gasteiger partial charge < -0.3 is 0 Å². The lowest BCUT2D eigenvalue weighted by atomic mass is 9.81. The maximum Gasteiger partial charge on any atom is 0.129 e. The van der Waals surface area contributed by atoms with E-state index in [0.717, 1.165) is 0 Å². The smallest absolute Gasteiger partial charge is 0.129 e. The van der Waals surface area contributed by atoms with Crippen molar-refractivity contribution >= 4 is 15.9 Å². The third-order valence-corrected chi connectivity index (χ3v) is 3.13. The number of nitriles is 1. The van der Waals surface area contributed by atoms with Crippen LogP contribution in [0.2, 0.25) is 0 Å². The van der Waals surface area contributed by atoms with Crippen LogP contribution in [0, 0.1) is 17.1 Å². The van der Waals surface area contributed by atoms with Crippen LogP contribution in [0.25, 0.3) is 0 Å². The van der Waals surface area contributed by atoms with Gasteiger partial charge in [-0.15, -0.1) is 0 Å². The van der Waals surface area contributed by atoms with Crippen molar-refractivity contribution in [3.63, 3.8) is 0 Å². The minimum Gasteiger partial charge on any atom is -0.207 e. The number of hydrogen-bond donors (Lipinski definition) is 0. The Morgan fingerprint density at radius 3 is 2.64 bits per heavy atom. The number of halogens is 2. The van der Waals surface area contributed by atoms with E-state index in [0.29, 0.717) is 16.5 Å². The van der Waals surface area contributed by atoms with Gasteiger partial charge in [-0.25, -0.2) is 4.39 Å². The maximum atomic E-state index is 13.5. The Morgan fingerprint density at radius 1 is 1.57 bits per heavy atom. The summed E-state index contributed by atoms with van der Waals surface area (Å²) in [7, 11) is 0. The highest BCUT2D eigenvalue weighted by Crippen LogP contribution is 2.34. The van der Waals surface area contributed by atoms with Crippen LogP contribution in [0.15, 0.2) is 22.7 Å². The van der Waals surface area contributed by atoms with Gasteiger partial charge in [0, 0.05) is 10.0 Å². The van der Waals surface area contributed by atoms with E-state index in [1.165, 1.54) is 6.07 Å². The molecule has 0 fully saturated rings. The molecule has 0 aliphatic carbocycles. The fourth-order valence-electron chi connectivity index (χ4n) is 1.34. The second kappa shape index (κ2) is 4.10. The van der Waals surface area contributed by atoms with Crippen LogP contribution in [-0.4, -0.2) is 0 Å². The lowest BCUT2D eigenvalue weighted by Gasteiger charge is -2.21. The summed E-state index contributed by atoms with van der Waals surface area (Å²) in [5.41, 5.74) is -0.311. The SMILES string of the molecule is CCC(C)(C#N)c1c(F)cccc1Br. The Labute approximate surface area is 91.7 Å². The highest BCUT2D eigenvalue weighted by atomic mass is 79.9. The molecular weight excluding hydrogens is 245 g/mol. The third kappa shape index (κ3) is 1.80. The summed E-state index contributed by atoms with van der Waals surface area (Å²) in [5, 5.41) is 9.05. The molecule has 74 valence electrons. The van der Waals surface area contributed by atoms with Gasteiger partial charge in [0.15, 0.2) is 0 Å². The zero-order valence-corrected chi connectivity index (χ0v) is 9.73. The largest absolute Gasteiger partial charge is 0.207 e. The molecule has 3 heteroatoms. The molecule has 0 N–H and O–H groups in total. The lowest BCUT2D eigenvalue weighted by Crippen LogP contribution is -2.20. The van der Waals surface area contributed by atoms with Crippen LogP contribution < -0.4 is 0 Å². The molecule has 14 heavy (non-hydrogen) atoms. The van der Waals surface area contributed by atoms with Crippen LogP contribution in [0.3, 0.4) is 0 Å². The molecule has 0 radical (unpaired) electrons. The summed E-state index contributed by atoms with van der Waals surface area (Å²) in [6, 6.07) is 6.91. The molecule has 0 bridgehead atoms. The van der Waals surface area contributed by atoms with Crippen molar-refractivity contribution in [2.45, 2.75) is 25.7 Å². The summed E-state index contributed by atoms with van der Waals surface area (Å²) >= 11 is 3.27. The lowest BCUT2D eigenvalue weighted by molar-refractivity contribution is 0.522. The van der Waals surface area contributed by atoms with Crippen LogP contribution in [0.4, 0.5) is 4.39 Å². The molecule has 0 aliphatic heterocycles. The van der Waals surface area contributed by atoms with Crippen molar-refractivity contribution < 1.29 is 4.39 Å². The van der Waals surface area contributed by atoms with E-state index in [9.17, 15) is 4.39 Å². The average Bonchev–Trinajstić information content (AvgIpc) is 2.17. The van der Waals surface area contributed by atoms with Crippen molar-refractivity contribution in [1.82, 2.24) is 0 Å². The van der Waals surface area contributed by atoms with E-state index < -0.39 is 5.41 Å². The van der Waals surface area contributed by atoms with Gasteiger partial charge in [-0.2, -0.15) is 5.26 Å². The minimum absolute atomic E-state index is 0.328. The molecule has 1 aromatic rings. The first kappa shape index (κ1) is 11.2. The number of benzene rings is 1. The van der Waals surface area contributed by atoms with Crippen LogP contribution >= 0.6 is 15.9 Å². The summed E-state index contributed by atoms with van der Waals surface area (Å²) in [6.45, 7) is 3.62. The first-order valence-electron chi connectivity index (χ1n) is 4.41. The molecule has 1 nitrogen and oxygen atoms in total. The van der Waals surface area contributed by atoms with E-state index in [-0.39, 0.29) is 5.82 Å². The van der Waals surface area contributed by atoms with Gasteiger partial charge in [-0.3, -0.25) is 0 Å². The van der Waals surface area contributed by atoms with E-state index in [2.05, 4.69) is 22.0 Å². The predicted octanol–water partition coefficient (Wildman–Crippen LogP) is 3.78. The van der Waals surface area contributed by atoms with Gasteiger partial charge in [0.25, 0.3) is 0 Å². The minimum atomic E-state index is -0.760. The molecule has 0 heterocycles. The van der Waals surface area contributed by atoms with Crippen LogP contribution in [-0.2, 0) is 5.41 Å². The topological polar surface area (TPSA) is 23.8 Å². The molecule has 0 saturated heterocycles. The molecule has 0 saturated carbocycles. The highest BCUT2D eigenvalue weighted by molar-refractivity contribution is 9.10. The van der Waals surface area contributed by atoms with Gasteiger partial charge in [-0.05, 0) is 25.5 Å². The molecule has 0 aliphatic rings. The Kier molecular flexibility index (Phi) is 3.28. The Hall–Kier alpha value is -0.880. The number of hydrogen-bond acceptors (Lipinski definition) is 1. The summed E-state index contributed by atoms with van der Waals surface area (Å²) in [4.78, 5) is 0. The first-order chi connectivity index (χ1) is 6.55. The zero-order valence-electron chi connectivity index (χ0n) is 8.14. The van der Waals surface area contributed by atoms with Crippen molar-refractivity contribution in [2.24, 2.45) is 0 Å². The van der Waals surface area contributed by atoms with Gasteiger partial charge in [0.1, 0.15) is 5.82 Å². The van der Waals surface area contributed by atoms with Crippen molar-refractivity contribution in [1.29, 1.82) is 5.26 Å². The number of nitrogens with zero attached hydrogens (tertiary/aromatic N) is 1. The molecule has 0 amide bonds. The Balaban J connectivity index is 3.39. The average molecular weight is 256 g/mol. The van der Waals surface area contributed by atoms with Gasteiger partial charge in [0.2, 0.25) is 0 Å². The second-order valence-electron chi connectivity index (χ2n) is 3.39. The summed E-state index contributed by atoms with van der Waals surface area (Å²) < 4.78 is 14.2. The third-order valence-electron chi connectivity index (χ3n) is 2.47. The van der Waals surface area contributed by atoms with Crippen molar-refractivity contribution in [3.8, 4) is 6.07 Å². The molecule has 1 unspecified atom stereocenters. The van der Waals surface area contributed by atoms with Crippen LogP contribution in [0.1, 0.15) is 25.8 Å². The van der Waals surface area contributed by atoms with E-state index >= 15 is 0 Å². The molecule has 1 atom stereocenters. The molecule has 1 aromatic carbocycles.